The zero-order valence-corrected chi connectivity index (χ0v) is 17.1. The van der Waals surface area contributed by atoms with Gasteiger partial charge < -0.3 is 9.80 Å². The van der Waals surface area contributed by atoms with E-state index in [9.17, 15) is 9.59 Å². The van der Waals surface area contributed by atoms with E-state index >= 15 is 0 Å². The van der Waals surface area contributed by atoms with Crippen molar-refractivity contribution >= 4 is 11.8 Å². The number of amides is 2. The lowest BCUT2D eigenvalue weighted by Crippen LogP contribution is -2.39. The summed E-state index contributed by atoms with van der Waals surface area (Å²) in [5, 5.41) is 0. The summed E-state index contributed by atoms with van der Waals surface area (Å²) >= 11 is 0. The molecule has 1 aromatic carbocycles. The van der Waals surface area contributed by atoms with E-state index in [0.29, 0.717) is 36.0 Å². The second kappa shape index (κ2) is 8.67. The Bertz CT molecular complexity index is 677. The molecular formula is C24H34N2O2. The van der Waals surface area contributed by atoms with Crippen LogP contribution in [0.1, 0.15) is 63.4 Å². The number of benzene rings is 1. The van der Waals surface area contributed by atoms with E-state index < -0.39 is 0 Å². The summed E-state index contributed by atoms with van der Waals surface area (Å²) in [5.41, 5.74) is 1.63. The lowest BCUT2D eigenvalue weighted by molar-refractivity contribution is -0.131. The molecule has 0 N–H and O–H groups in total. The van der Waals surface area contributed by atoms with Crippen LogP contribution in [0, 0.1) is 11.3 Å². The Labute approximate surface area is 169 Å². The zero-order valence-electron chi connectivity index (χ0n) is 17.1. The molecule has 1 unspecified atom stereocenters. The molecule has 3 fully saturated rings. The van der Waals surface area contributed by atoms with E-state index in [-0.39, 0.29) is 0 Å². The van der Waals surface area contributed by atoms with Crippen molar-refractivity contribution < 1.29 is 9.59 Å². The molecule has 4 nitrogen and oxygen atoms in total. The molecule has 1 aromatic rings. The smallest absolute Gasteiger partial charge is 0.222 e. The van der Waals surface area contributed by atoms with Crippen LogP contribution in [0.3, 0.4) is 0 Å². The summed E-state index contributed by atoms with van der Waals surface area (Å²) in [5.74, 6) is 1.17. The summed E-state index contributed by atoms with van der Waals surface area (Å²) in [6.45, 7) is 3.69. The van der Waals surface area contributed by atoms with Gasteiger partial charge in [0.2, 0.25) is 11.8 Å². The van der Waals surface area contributed by atoms with Crippen LogP contribution in [0.15, 0.2) is 30.3 Å². The van der Waals surface area contributed by atoms with Crippen LogP contribution in [-0.4, -0.2) is 47.8 Å². The summed E-state index contributed by atoms with van der Waals surface area (Å²) in [6, 6.07) is 10.4. The maximum atomic E-state index is 12.8. The molecule has 2 amide bonds. The van der Waals surface area contributed by atoms with Crippen LogP contribution in [0.2, 0.25) is 0 Å². The largest absolute Gasteiger partial charge is 0.343 e. The second-order valence-electron chi connectivity index (χ2n) is 9.15. The number of rotatable bonds is 7. The Morgan fingerprint density at radius 2 is 1.64 bits per heavy atom. The highest BCUT2D eigenvalue weighted by Crippen LogP contribution is 2.53. The van der Waals surface area contributed by atoms with Crippen molar-refractivity contribution in [2.75, 3.05) is 26.2 Å². The van der Waals surface area contributed by atoms with Crippen LogP contribution in [0.25, 0.3) is 0 Å². The third-order valence-corrected chi connectivity index (χ3v) is 7.38. The quantitative estimate of drug-likeness (QED) is 0.714. The first-order chi connectivity index (χ1) is 13.7. The van der Waals surface area contributed by atoms with Crippen molar-refractivity contribution in [1.29, 1.82) is 0 Å². The first-order valence-electron chi connectivity index (χ1n) is 11.3. The molecule has 1 saturated carbocycles. The fraction of sp³-hybridized carbons (Fsp3) is 0.667. The number of aryl methyl sites for hydroxylation is 1. The molecule has 2 aliphatic heterocycles. The average Bonchev–Trinajstić information content (AvgIpc) is 3.34. The lowest BCUT2D eigenvalue weighted by atomic mass is 9.62. The van der Waals surface area contributed by atoms with Gasteiger partial charge in [0.05, 0.1) is 0 Å². The predicted molar refractivity (Wildman–Crippen MR) is 111 cm³/mol. The molecule has 0 radical (unpaired) electrons. The molecule has 1 aliphatic carbocycles. The average molecular weight is 383 g/mol. The molecule has 4 heteroatoms. The molecular weight excluding hydrogens is 348 g/mol. The van der Waals surface area contributed by atoms with E-state index in [0.717, 1.165) is 58.3 Å². The fourth-order valence-corrected chi connectivity index (χ4v) is 5.49. The summed E-state index contributed by atoms with van der Waals surface area (Å²) in [4.78, 5) is 29.4. The molecule has 2 saturated heterocycles. The van der Waals surface area contributed by atoms with Crippen molar-refractivity contribution in [2.24, 2.45) is 11.3 Å². The number of carbonyl (C=O) groups is 2. The van der Waals surface area contributed by atoms with Gasteiger partial charge in [-0.15, -0.1) is 0 Å². The van der Waals surface area contributed by atoms with Crippen LogP contribution >= 0.6 is 0 Å². The molecule has 152 valence electrons. The van der Waals surface area contributed by atoms with Crippen molar-refractivity contribution in [3.05, 3.63) is 35.9 Å². The van der Waals surface area contributed by atoms with Gasteiger partial charge in [-0.1, -0.05) is 36.8 Å². The monoisotopic (exact) mass is 382 g/mol. The first kappa shape index (κ1) is 19.5. The van der Waals surface area contributed by atoms with Crippen molar-refractivity contribution in [3.8, 4) is 0 Å². The number of likely N-dealkylation sites (tertiary alicyclic amines) is 2. The van der Waals surface area contributed by atoms with Gasteiger partial charge in [-0.25, -0.2) is 0 Å². The summed E-state index contributed by atoms with van der Waals surface area (Å²) < 4.78 is 0. The minimum absolute atomic E-state index is 0.315. The number of nitrogens with zero attached hydrogens (tertiary/aromatic N) is 2. The zero-order chi connectivity index (χ0) is 19.4. The topological polar surface area (TPSA) is 40.6 Å². The maximum Gasteiger partial charge on any atom is 0.222 e. The molecule has 28 heavy (non-hydrogen) atoms. The minimum atomic E-state index is 0.315. The van der Waals surface area contributed by atoms with Gasteiger partial charge in [0.15, 0.2) is 0 Å². The summed E-state index contributed by atoms with van der Waals surface area (Å²) in [7, 11) is 0. The fourth-order valence-electron chi connectivity index (χ4n) is 5.49. The molecule has 1 atom stereocenters. The van der Waals surface area contributed by atoms with Gasteiger partial charge in [-0.2, -0.15) is 0 Å². The predicted octanol–water partition coefficient (Wildman–Crippen LogP) is 4.04. The van der Waals surface area contributed by atoms with Crippen molar-refractivity contribution in [3.63, 3.8) is 0 Å². The van der Waals surface area contributed by atoms with E-state index in [1.807, 2.05) is 11.0 Å². The molecule has 2 heterocycles. The Hall–Kier alpha value is -1.84. The van der Waals surface area contributed by atoms with Gasteiger partial charge in [0, 0.05) is 39.0 Å². The van der Waals surface area contributed by atoms with E-state index in [4.69, 9.17) is 0 Å². The Kier molecular flexibility index (Phi) is 6.03. The third kappa shape index (κ3) is 4.26. The van der Waals surface area contributed by atoms with E-state index in [1.54, 1.807) is 0 Å². The lowest BCUT2D eigenvalue weighted by Gasteiger charge is -2.43. The van der Waals surface area contributed by atoms with Gasteiger partial charge in [-0.3, -0.25) is 9.59 Å². The van der Waals surface area contributed by atoms with Gasteiger partial charge >= 0.3 is 0 Å². The molecule has 0 aromatic heterocycles. The van der Waals surface area contributed by atoms with Crippen LogP contribution in [0.5, 0.6) is 0 Å². The highest BCUT2D eigenvalue weighted by atomic mass is 16.2. The first-order valence-corrected chi connectivity index (χ1v) is 11.3. The summed E-state index contributed by atoms with van der Waals surface area (Å²) in [6.07, 6.45) is 10.2. The Balaban J connectivity index is 1.26. The van der Waals surface area contributed by atoms with Crippen molar-refractivity contribution in [1.82, 2.24) is 9.80 Å². The van der Waals surface area contributed by atoms with Crippen molar-refractivity contribution in [2.45, 2.75) is 64.2 Å². The molecule has 0 bridgehead atoms. The number of hydrogen-bond donors (Lipinski definition) is 0. The number of hydrogen-bond acceptors (Lipinski definition) is 2. The maximum absolute atomic E-state index is 12.8. The normalized spacial score (nSPS) is 23.2. The van der Waals surface area contributed by atoms with Gasteiger partial charge in [0.25, 0.3) is 0 Å². The van der Waals surface area contributed by atoms with Crippen LogP contribution < -0.4 is 0 Å². The Morgan fingerprint density at radius 3 is 2.32 bits per heavy atom. The Morgan fingerprint density at radius 1 is 0.929 bits per heavy atom. The molecule has 4 rings (SSSR count). The molecule has 1 spiro atoms. The number of carbonyl (C=O) groups excluding carboxylic acids is 2. The van der Waals surface area contributed by atoms with Crippen LogP contribution in [0.4, 0.5) is 0 Å². The van der Waals surface area contributed by atoms with Gasteiger partial charge in [-0.05, 0) is 61.8 Å². The van der Waals surface area contributed by atoms with Gasteiger partial charge in [0.1, 0.15) is 0 Å². The standard InChI is InChI=1S/C24H34N2O2/c27-22(11-6-10-20-8-2-1-3-9-20)26-18-21(24(19-26)14-7-15-24)12-13-23(28)25-16-4-5-17-25/h1-3,8-9,21H,4-7,10-19H2. The SMILES string of the molecule is O=C(CCC1CN(C(=O)CCCc2ccccc2)CC12CCC2)N1CCCC1. The third-order valence-electron chi connectivity index (χ3n) is 7.38. The van der Waals surface area contributed by atoms with E-state index in [1.165, 1.54) is 24.8 Å². The molecule has 3 aliphatic rings. The van der Waals surface area contributed by atoms with Crippen LogP contribution in [-0.2, 0) is 16.0 Å². The highest BCUT2D eigenvalue weighted by molar-refractivity contribution is 5.77. The van der Waals surface area contributed by atoms with E-state index in [2.05, 4.69) is 29.2 Å². The second-order valence-corrected chi connectivity index (χ2v) is 9.15. The highest BCUT2D eigenvalue weighted by Gasteiger charge is 2.50. The minimum Gasteiger partial charge on any atom is -0.343 e.